The van der Waals surface area contributed by atoms with Crippen LogP contribution in [0.5, 0.6) is 0 Å². The smallest absolute Gasteiger partial charge is 0.239 e. The number of hydrogen-bond donors (Lipinski definition) is 1. The van der Waals surface area contributed by atoms with Crippen LogP contribution in [0.3, 0.4) is 0 Å². The van der Waals surface area contributed by atoms with Crippen molar-refractivity contribution in [2.75, 3.05) is 19.6 Å². The average molecular weight is 183 g/mol. The summed E-state index contributed by atoms with van der Waals surface area (Å²) in [5.74, 6) is 0.0558. The van der Waals surface area contributed by atoms with Gasteiger partial charge in [0.2, 0.25) is 5.91 Å². The molecule has 0 aliphatic heterocycles. The Hall–Kier alpha value is -1.08. The number of carbonyl (C=O) groups is 1. The van der Waals surface area contributed by atoms with Crippen molar-refractivity contribution in [1.29, 1.82) is 5.26 Å². The predicted molar refractivity (Wildman–Crippen MR) is 51.0 cm³/mol. The topological polar surface area (TPSA) is 56.1 Å². The van der Waals surface area contributed by atoms with Gasteiger partial charge in [0.05, 0.1) is 18.7 Å². The molecule has 0 radical (unpaired) electrons. The molecular formula is C9H17N3O. The molecular weight excluding hydrogens is 166 g/mol. The van der Waals surface area contributed by atoms with Gasteiger partial charge in [-0.05, 0) is 20.8 Å². The van der Waals surface area contributed by atoms with Crippen molar-refractivity contribution in [3.63, 3.8) is 0 Å². The molecule has 0 spiro atoms. The van der Waals surface area contributed by atoms with E-state index in [0.717, 1.165) is 0 Å². The van der Waals surface area contributed by atoms with Crippen molar-refractivity contribution in [2.45, 2.75) is 26.8 Å². The van der Waals surface area contributed by atoms with Gasteiger partial charge in [0, 0.05) is 13.1 Å². The van der Waals surface area contributed by atoms with Crippen LogP contribution in [-0.2, 0) is 4.79 Å². The van der Waals surface area contributed by atoms with E-state index in [9.17, 15) is 4.79 Å². The van der Waals surface area contributed by atoms with E-state index in [1.807, 2.05) is 19.9 Å². The van der Waals surface area contributed by atoms with E-state index in [0.29, 0.717) is 13.1 Å². The van der Waals surface area contributed by atoms with Crippen LogP contribution >= 0.6 is 0 Å². The molecule has 4 heteroatoms. The lowest BCUT2D eigenvalue weighted by molar-refractivity contribution is -0.132. The van der Waals surface area contributed by atoms with E-state index in [-0.39, 0.29) is 18.5 Å². The second-order valence-corrected chi connectivity index (χ2v) is 2.77. The van der Waals surface area contributed by atoms with E-state index in [1.165, 1.54) is 0 Å². The molecule has 0 aromatic carbocycles. The average Bonchev–Trinajstić information content (AvgIpc) is 2.15. The number of nitriles is 1. The molecule has 0 fully saturated rings. The molecule has 0 aliphatic carbocycles. The van der Waals surface area contributed by atoms with Crippen LogP contribution in [0.25, 0.3) is 0 Å². The molecule has 0 saturated carbocycles. The third-order valence-electron chi connectivity index (χ3n) is 1.93. The van der Waals surface area contributed by atoms with Gasteiger partial charge in [0.15, 0.2) is 0 Å². The van der Waals surface area contributed by atoms with Crippen LogP contribution in [0.2, 0.25) is 0 Å². The van der Waals surface area contributed by atoms with Gasteiger partial charge in [0.1, 0.15) is 0 Å². The summed E-state index contributed by atoms with van der Waals surface area (Å²) in [5, 5.41) is 11.1. The predicted octanol–water partition coefficient (Wildman–Crippen LogP) is 0.356. The van der Waals surface area contributed by atoms with E-state index >= 15 is 0 Å². The first-order valence-electron chi connectivity index (χ1n) is 4.56. The molecule has 0 rings (SSSR count). The number of nitrogens with zero attached hydrogens (tertiary/aromatic N) is 2. The summed E-state index contributed by atoms with van der Waals surface area (Å²) in [6.45, 7) is 7.31. The molecule has 0 aromatic rings. The zero-order valence-corrected chi connectivity index (χ0v) is 8.50. The fourth-order valence-corrected chi connectivity index (χ4v) is 1.10. The largest absolute Gasteiger partial charge is 0.342 e. The SMILES string of the molecule is CCN(CC)C(=O)C(C)NCC#N. The van der Waals surface area contributed by atoms with Crippen LogP contribution in [0.4, 0.5) is 0 Å². The van der Waals surface area contributed by atoms with Gasteiger partial charge in [-0.2, -0.15) is 5.26 Å². The fraction of sp³-hybridized carbons (Fsp3) is 0.778. The second kappa shape index (κ2) is 6.44. The molecule has 0 aromatic heterocycles. The van der Waals surface area contributed by atoms with Crippen molar-refractivity contribution >= 4 is 5.91 Å². The van der Waals surface area contributed by atoms with Crippen LogP contribution in [0.1, 0.15) is 20.8 Å². The summed E-state index contributed by atoms with van der Waals surface area (Å²) < 4.78 is 0. The number of rotatable bonds is 5. The Kier molecular flexibility index (Phi) is 5.90. The fourth-order valence-electron chi connectivity index (χ4n) is 1.10. The molecule has 1 N–H and O–H groups in total. The quantitative estimate of drug-likeness (QED) is 0.626. The number of hydrogen-bond acceptors (Lipinski definition) is 3. The Balaban J connectivity index is 4.00. The highest BCUT2D eigenvalue weighted by Gasteiger charge is 2.16. The maximum atomic E-state index is 11.6. The van der Waals surface area contributed by atoms with Crippen molar-refractivity contribution in [2.24, 2.45) is 0 Å². The van der Waals surface area contributed by atoms with E-state index in [2.05, 4.69) is 5.32 Å². The summed E-state index contributed by atoms with van der Waals surface area (Å²) in [7, 11) is 0. The molecule has 1 unspecified atom stereocenters. The van der Waals surface area contributed by atoms with Crippen molar-refractivity contribution in [3.8, 4) is 6.07 Å². The zero-order chi connectivity index (χ0) is 10.3. The maximum absolute atomic E-state index is 11.6. The first-order valence-corrected chi connectivity index (χ1v) is 4.56. The number of carbonyl (C=O) groups excluding carboxylic acids is 1. The first-order chi connectivity index (χ1) is 6.17. The second-order valence-electron chi connectivity index (χ2n) is 2.77. The highest BCUT2D eigenvalue weighted by atomic mass is 16.2. The molecule has 74 valence electrons. The Bertz CT molecular complexity index is 194. The third kappa shape index (κ3) is 3.90. The molecule has 0 saturated heterocycles. The highest BCUT2D eigenvalue weighted by molar-refractivity contribution is 5.81. The van der Waals surface area contributed by atoms with E-state index in [4.69, 9.17) is 5.26 Å². The van der Waals surface area contributed by atoms with E-state index < -0.39 is 0 Å². The summed E-state index contributed by atoms with van der Waals surface area (Å²) in [6, 6.07) is 1.68. The van der Waals surface area contributed by atoms with Crippen LogP contribution < -0.4 is 5.32 Å². The summed E-state index contributed by atoms with van der Waals surface area (Å²) in [4.78, 5) is 13.3. The normalized spacial score (nSPS) is 11.8. The number of likely N-dealkylation sites (N-methyl/N-ethyl adjacent to an activating group) is 1. The molecule has 0 bridgehead atoms. The molecule has 0 aliphatic rings. The number of amides is 1. The zero-order valence-electron chi connectivity index (χ0n) is 8.50. The standard InChI is InChI=1S/C9H17N3O/c1-4-12(5-2)9(13)8(3)11-7-6-10/h8,11H,4-5,7H2,1-3H3. The van der Waals surface area contributed by atoms with Gasteiger partial charge in [-0.1, -0.05) is 0 Å². The molecule has 13 heavy (non-hydrogen) atoms. The Morgan fingerprint density at radius 3 is 2.46 bits per heavy atom. The van der Waals surface area contributed by atoms with Crippen molar-refractivity contribution < 1.29 is 4.79 Å². The van der Waals surface area contributed by atoms with Crippen LogP contribution in [0, 0.1) is 11.3 Å². The van der Waals surface area contributed by atoms with Gasteiger partial charge in [0.25, 0.3) is 0 Å². The van der Waals surface area contributed by atoms with E-state index in [1.54, 1.807) is 11.8 Å². The minimum atomic E-state index is -0.264. The van der Waals surface area contributed by atoms with Gasteiger partial charge < -0.3 is 4.90 Å². The summed E-state index contributed by atoms with van der Waals surface area (Å²) in [6.07, 6.45) is 0. The van der Waals surface area contributed by atoms with Crippen molar-refractivity contribution in [1.82, 2.24) is 10.2 Å². The molecule has 0 heterocycles. The highest BCUT2D eigenvalue weighted by Crippen LogP contribution is 1.93. The molecule has 1 atom stereocenters. The Labute approximate surface area is 79.5 Å². The van der Waals surface area contributed by atoms with Gasteiger partial charge in [-0.15, -0.1) is 0 Å². The summed E-state index contributed by atoms with van der Waals surface area (Å²) in [5.41, 5.74) is 0. The lowest BCUT2D eigenvalue weighted by Crippen LogP contribution is -2.44. The van der Waals surface area contributed by atoms with Gasteiger partial charge >= 0.3 is 0 Å². The Morgan fingerprint density at radius 1 is 1.54 bits per heavy atom. The minimum absolute atomic E-state index is 0.0558. The summed E-state index contributed by atoms with van der Waals surface area (Å²) >= 11 is 0. The van der Waals surface area contributed by atoms with Crippen molar-refractivity contribution in [3.05, 3.63) is 0 Å². The monoisotopic (exact) mass is 183 g/mol. The van der Waals surface area contributed by atoms with Crippen LogP contribution in [-0.4, -0.2) is 36.5 Å². The lowest BCUT2D eigenvalue weighted by Gasteiger charge is -2.22. The van der Waals surface area contributed by atoms with Crippen LogP contribution in [0.15, 0.2) is 0 Å². The third-order valence-corrected chi connectivity index (χ3v) is 1.93. The molecule has 4 nitrogen and oxygen atoms in total. The van der Waals surface area contributed by atoms with Gasteiger partial charge in [-0.3, -0.25) is 10.1 Å². The Morgan fingerprint density at radius 2 is 2.08 bits per heavy atom. The minimum Gasteiger partial charge on any atom is -0.342 e. The maximum Gasteiger partial charge on any atom is 0.239 e. The number of nitrogens with one attached hydrogen (secondary N) is 1. The van der Waals surface area contributed by atoms with Gasteiger partial charge in [-0.25, -0.2) is 0 Å². The molecule has 1 amide bonds. The lowest BCUT2D eigenvalue weighted by atomic mass is 10.3. The first kappa shape index (κ1) is 11.9.